The van der Waals surface area contributed by atoms with Crippen molar-refractivity contribution in [2.75, 3.05) is 5.32 Å². The molecule has 1 unspecified atom stereocenters. The van der Waals surface area contributed by atoms with E-state index in [1.807, 2.05) is 30.3 Å². The van der Waals surface area contributed by atoms with E-state index in [9.17, 15) is 4.79 Å². The van der Waals surface area contributed by atoms with Gasteiger partial charge in [-0.25, -0.2) is 0 Å². The van der Waals surface area contributed by atoms with Crippen LogP contribution in [0, 0.1) is 0 Å². The Morgan fingerprint density at radius 3 is 2.81 bits per heavy atom. The maximum atomic E-state index is 12.3. The van der Waals surface area contributed by atoms with E-state index in [1.165, 1.54) is 0 Å². The fourth-order valence-electron chi connectivity index (χ4n) is 2.31. The lowest BCUT2D eigenvalue weighted by molar-refractivity contribution is -0.122. The van der Waals surface area contributed by atoms with Gasteiger partial charge in [-0.1, -0.05) is 39.0 Å². The van der Waals surface area contributed by atoms with Crippen LogP contribution in [-0.4, -0.2) is 22.2 Å². The number of anilines is 1. The molecule has 1 atom stereocenters. The molecule has 5 nitrogen and oxygen atoms in total. The zero-order valence-corrected chi connectivity index (χ0v) is 12.4. The van der Waals surface area contributed by atoms with Crippen molar-refractivity contribution in [2.24, 2.45) is 0 Å². The smallest absolute Gasteiger partial charge is 0.266 e. The Morgan fingerprint density at radius 1 is 1.38 bits per heavy atom. The molecule has 1 aromatic carbocycles. The number of hydrogen-bond acceptors (Lipinski definition) is 3. The van der Waals surface area contributed by atoms with E-state index in [1.54, 1.807) is 0 Å². The van der Waals surface area contributed by atoms with Crippen LogP contribution in [0.2, 0.25) is 0 Å². The van der Waals surface area contributed by atoms with Crippen molar-refractivity contribution in [1.82, 2.24) is 10.2 Å². The number of aromatic amines is 1. The maximum absolute atomic E-state index is 12.3. The highest BCUT2D eigenvalue weighted by atomic mass is 16.5. The van der Waals surface area contributed by atoms with E-state index in [2.05, 4.69) is 36.3 Å². The van der Waals surface area contributed by atoms with Crippen LogP contribution in [0.4, 0.5) is 5.82 Å². The summed E-state index contributed by atoms with van der Waals surface area (Å²) in [6, 6.07) is 9.58. The summed E-state index contributed by atoms with van der Waals surface area (Å²) >= 11 is 0. The number of rotatable bonds is 2. The summed E-state index contributed by atoms with van der Waals surface area (Å²) in [5.41, 5.74) is 2.01. The van der Waals surface area contributed by atoms with Crippen LogP contribution < -0.4 is 10.1 Å². The van der Waals surface area contributed by atoms with Gasteiger partial charge in [-0.05, 0) is 11.6 Å². The fraction of sp³-hybridized carbons (Fsp3) is 0.375. The molecule has 1 amide bonds. The Labute approximate surface area is 123 Å². The molecule has 0 saturated carbocycles. The number of carbonyl (C=O) groups excluding carboxylic acids is 1. The van der Waals surface area contributed by atoms with Crippen molar-refractivity contribution >= 4 is 11.7 Å². The van der Waals surface area contributed by atoms with Crippen molar-refractivity contribution < 1.29 is 9.53 Å². The molecule has 2 heterocycles. The Kier molecular flexibility index (Phi) is 3.20. The normalized spacial score (nSPS) is 17.2. The summed E-state index contributed by atoms with van der Waals surface area (Å²) < 4.78 is 5.66. The molecule has 2 N–H and O–H groups in total. The molecular formula is C16H19N3O2. The third-order valence-corrected chi connectivity index (χ3v) is 3.58. The largest absolute Gasteiger partial charge is 0.480 e. The highest BCUT2D eigenvalue weighted by molar-refractivity contribution is 5.94. The van der Waals surface area contributed by atoms with Crippen molar-refractivity contribution in [1.29, 1.82) is 0 Å². The zero-order valence-electron chi connectivity index (χ0n) is 12.4. The van der Waals surface area contributed by atoms with Gasteiger partial charge >= 0.3 is 0 Å². The summed E-state index contributed by atoms with van der Waals surface area (Å²) in [6.45, 7) is 6.26. The molecule has 0 saturated heterocycles. The number of aromatic nitrogens is 2. The number of H-pyrrole nitrogens is 1. The van der Waals surface area contributed by atoms with Gasteiger partial charge in [-0.3, -0.25) is 9.89 Å². The van der Waals surface area contributed by atoms with Crippen molar-refractivity contribution in [3.05, 3.63) is 41.6 Å². The first kappa shape index (κ1) is 13.7. The third-order valence-electron chi connectivity index (χ3n) is 3.58. The molecule has 5 heteroatoms. The number of para-hydroxylation sites is 1. The molecule has 0 fully saturated rings. The Morgan fingerprint density at radius 2 is 2.14 bits per heavy atom. The zero-order chi connectivity index (χ0) is 15.0. The number of ether oxygens (including phenoxy) is 1. The first-order valence-electron chi connectivity index (χ1n) is 7.05. The van der Waals surface area contributed by atoms with Crippen molar-refractivity contribution in [3.8, 4) is 5.75 Å². The van der Waals surface area contributed by atoms with Gasteiger partial charge in [0.1, 0.15) is 5.75 Å². The number of amides is 1. The number of fused-ring (bicyclic) bond motifs is 1. The molecule has 0 radical (unpaired) electrons. The van der Waals surface area contributed by atoms with Crippen LogP contribution in [0.5, 0.6) is 5.75 Å². The number of carbonyl (C=O) groups is 1. The molecule has 0 aliphatic carbocycles. The summed E-state index contributed by atoms with van der Waals surface area (Å²) in [7, 11) is 0. The van der Waals surface area contributed by atoms with Gasteiger partial charge in [0.15, 0.2) is 11.9 Å². The standard InChI is InChI=1S/C16H19N3O2/c1-16(2,3)13-9-14(19-18-13)17-15(20)12-8-10-6-4-5-7-11(10)21-12/h4-7,9,12H,8H2,1-3H3,(H2,17,18,19,20). The predicted molar refractivity (Wildman–Crippen MR) is 80.5 cm³/mol. The van der Waals surface area contributed by atoms with Crippen molar-refractivity contribution in [2.45, 2.75) is 38.7 Å². The van der Waals surface area contributed by atoms with Gasteiger partial charge in [0.2, 0.25) is 0 Å². The summed E-state index contributed by atoms with van der Waals surface area (Å²) in [5.74, 6) is 1.15. The van der Waals surface area contributed by atoms with Gasteiger partial charge in [-0.15, -0.1) is 0 Å². The maximum Gasteiger partial charge on any atom is 0.266 e. The van der Waals surface area contributed by atoms with E-state index in [-0.39, 0.29) is 11.3 Å². The molecular weight excluding hydrogens is 266 g/mol. The quantitative estimate of drug-likeness (QED) is 0.891. The molecule has 110 valence electrons. The highest BCUT2D eigenvalue weighted by Crippen LogP contribution is 2.29. The first-order valence-corrected chi connectivity index (χ1v) is 7.05. The van der Waals surface area contributed by atoms with E-state index < -0.39 is 6.10 Å². The van der Waals surface area contributed by atoms with Gasteiger partial charge in [0, 0.05) is 23.6 Å². The van der Waals surface area contributed by atoms with Crippen LogP contribution in [0.25, 0.3) is 0 Å². The fourth-order valence-corrected chi connectivity index (χ4v) is 2.31. The number of nitrogens with one attached hydrogen (secondary N) is 2. The Bertz CT molecular complexity index is 645. The molecule has 21 heavy (non-hydrogen) atoms. The highest BCUT2D eigenvalue weighted by Gasteiger charge is 2.29. The monoisotopic (exact) mass is 285 g/mol. The molecule has 1 aliphatic heterocycles. The third kappa shape index (κ3) is 2.77. The number of nitrogens with zero attached hydrogens (tertiary/aromatic N) is 1. The number of hydrogen-bond donors (Lipinski definition) is 2. The van der Waals surface area contributed by atoms with Crippen molar-refractivity contribution in [3.63, 3.8) is 0 Å². The second kappa shape index (κ2) is 4.91. The molecule has 0 spiro atoms. The van der Waals surface area contributed by atoms with Gasteiger partial charge in [-0.2, -0.15) is 5.10 Å². The minimum Gasteiger partial charge on any atom is -0.480 e. The summed E-state index contributed by atoms with van der Waals surface area (Å²) in [5, 5.41) is 9.89. The van der Waals surface area contributed by atoms with Gasteiger partial charge in [0.25, 0.3) is 5.91 Å². The second-order valence-corrected chi connectivity index (χ2v) is 6.32. The lowest BCUT2D eigenvalue weighted by Gasteiger charge is -2.14. The van der Waals surface area contributed by atoms with Gasteiger partial charge in [0.05, 0.1) is 0 Å². The Hall–Kier alpha value is -2.30. The van der Waals surface area contributed by atoms with E-state index >= 15 is 0 Å². The van der Waals surface area contributed by atoms with Crippen LogP contribution in [0.15, 0.2) is 30.3 Å². The van der Waals surface area contributed by atoms with E-state index in [0.717, 1.165) is 17.0 Å². The Balaban J connectivity index is 1.67. The molecule has 2 aromatic rings. The minimum absolute atomic E-state index is 0.0317. The van der Waals surface area contributed by atoms with E-state index in [4.69, 9.17) is 4.74 Å². The molecule has 3 rings (SSSR count). The SMILES string of the molecule is CC(C)(C)c1cc(NC(=O)C2Cc3ccccc3O2)n[nH]1. The lowest BCUT2D eigenvalue weighted by atomic mass is 9.92. The van der Waals surface area contributed by atoms with Gasteiger partial charge < -0.3 is 10.1 Å². The minimum atomic E-state index is -0.489. The van der Waals surface area contributed by atoms with Crippen LogP contribution >= 0.6 is 0 Å². The molecule has 1 aliphatic rings. The number of benzene rings is 1. The predicted octanol–water partition coefficient (Wildman–Crippen LogP) is 2.65. The second-order valence-electron chi connectivity index (χ2n) is 6.32. The van der Waals surface area contributed by atoms with E-state index in [0.29, 0.717) is 12.2 Å². The van der Waals surface area contributed by atoms with Crippen LogP contribution in [-0.2, 0) is 16.6 Å². The van der Waals surface area contributed by atoms with Crippen LogP contribution in [0.1, 0.15) is 32.0 Å². The summed E-state index contributed by atoms with van der Waals surface area (Å²) in [6.07, 6.45) is 0.107. The molecule has 1 aromatic heterocycles. The summed E-state index contributed by atoms with van der Waals surface area (Å²) in [4.78, 5) is 12.3. The van der Waals surface area contributed by atoms with Crippen LogP contribution in [0.3, 0.4) is 0 Å². The molecule has 0 bridgehead atoms. The first-order chi connectivity index (χ1) is 9.93. The lowest BCUT2D eigenvalue weighted by Crippen LogP contribution is -2.31. The topological polar surface area (TPSA) is 67.0 Å². The average molecular weight is 285 g/mol. The average Bonchev–Trinajstić information content (AvgIpc) is 3.03.